The lowest BCUT2D eigenvalue weighted by Crippen LogP contribution is -2.16. The number of aryl methyl sites for hydroxylation is 1. The number of alkyl halides is 1. The van der Waals surface area contributed by atoms with Crippen molar-refractivity contribution in [2.45, 2.75) is 30.6 Å². The predicted octanol–water partition coefficient (Wildman–Crippen LogP) is 3.87. The molecule has 19 heavy (non-hydrogen) atoms. The third kappa shape index (κ3) is 2.65. The second kappa shape index (κ2) is 5.26. The number of nitrogens with zero attached hydrogens (tertiary/aromatic N) is 3. The van der Waals surface area contributed by atoms with Crippen LogP contribution in [0.2, 0.25) is 0 Å². The highest BCUT2D eigenvalue weighted by atomic mass is 79.9. The van der Waals surface area contributed by atoms with Gasteiger partial charge in [-0.1, -0.05) is 0 Å². The molecule has 0 bridgehead atoms. The second-order valence-corrected chi connectivity index (χ2v) is 7.50. The van der Waals surface area contributed by atoms with Gasteiger partial charge in [0.2, 0.25) is 0 Å². The molecular weight excluding hydrogens is 346 g/mol. The number of pyridine rings is 1. The summed E-state index contributed by atoms with van der Waals surface area (Å²) in [7, 11) is 0. The molecule has 1 aliphatic rings. The van der Waals surface area contributed by atoms with Crippen molar-refractivity contribution in [2.75, 3.05) is 12.1 Å². The minimum Gasteiger partial charge on any atom is -0.311 e. The first-order valence-electron chi connectivity index (χ1n) is 6.29. The fourth-order valence-electron chi connectivity index (χ4n) is 2.33. The summed E-state index contributed by atoms with van der Waals surface area (Å²) in [6.45, 7) is 0.992. The Morgan fingerprint density at radius 1 is 1.53 bits per heavy atom. The van der Waals surface area contributed by atoms with Crippen molar-refractivity contribution in [1.82, 2.24) is 14.5 Å². The van der Waals surface area contributed by atoms with Gasteiger partial charge in [-0.15, -0.1) is 11.6 Å². The largest absolute Gasteiger partial charge is 0.311 e. The lowest BCUT2D eigenvalue weighted by molar-refractivity contribution is 0.640. The van der Waals surface area contributed by atoms with Crippen molar-refractivity contribution in [3.8, 4) is 0 Å². The van der Waals surface area contributed by atoms with Crippen LogP contribution in [0.3, 0.4) is 0 Å². The van der Waals surface area contributed by atoms with Crippen molar-refractivity contribution >= 4 is 50.5 Å². The molecule has 3 rings (SSSR count). The number of rotatable bonds is 5. The Balaban J connectivity index is 2.06. The van der Waals surface area contributed by atoms with E-state index >= 15 is 0 Å². The quantitative estimate of drug-likeness (QED) is 0.758. The molecule has 0 aromatic carbocycles. The Morgan fingerprint density at radius 3 is 2.95 bits per heavy atom. The molecule has 0 saturated heterocycles. The second-order valence-electron chi connectivity index (χ2n) is 4.94. The lowest BCUT2D eigenvalue weighted by Gasteiger charge is -2.15. The zero-order valence-electron chi connectivity index (χ0n) is 10.7. The molecule has 1 aliphatic carbocycles. The molecule has 102 valence electrons. The van der Waals surface area contributed by atoms with E-state index in [0.29, 0.717) is 10.6 Å². The number of aromatic nitrogens is 3. The van der Waals surface area contributed by atoms with Gasteiger partial charge in [0.1, 0.15) is 11.3 Å². The van der Waals surface area contributed by atoms with Crippen LogP contribution in [0.25, 0.3) is 11.2 Å². The van der Waals surface area contributed by atoms with Gasteiger partial charge in [-0.05, 0) is 41.1 Å². The average molecular weight is 361 g/mol. The number of thioether (sulfide) groups is 1. The van der Waals surface area contributed by atoms with E-state index in [1.54, 1.807) is 0 Å². The first-order valence-corrected chi connectivity index (χ1v) is 8.84. The number of imidazole rings is 1. The highest BCUT2D eigenvalue weighted by Gasteiger charge is 2.42. The molecule has 0 radical (unpaired) electrons. The van der Waals surface area contributed by atoms with E-state index in [2.05, 4.69) is 36.7 Å². The van der Waals surface area contributed by atoms with Crippen LogP contribution in [-0.4, -0.2) is 31.4 Å². The maximum atomic E-state index is 5.90. The number of fused-ring (bicyclic) bond motifs is 1. The fourth-order valence-corrected chi connectivity index (χ4v) is 3.59. The molecule has 0 unspecified atom stereocenters. The molecule has 2 heterocycles. The number of hydrogen-bond acceptors (Lipinski definition) is 3. The number of hydrogen-bond donors (Lipinski definition) is 0. The number of halogens is 2. The van der Waals surface area contributed by atoms with Gasteiger partial charge >= 0.3 is 0 Å². The predicted molar refractivity (Wildman–Crippen MR) is 85.1 cm³/mol. The van der Waals surface area contributed by atoms with Crippen LogP contribution in [0.4, 0.5) is 0 Å². The Kier molecular flexibility index (Phi) is 3.80. The third-order valence-corrected chi connectivity index (χ3v) is 5.66. The van der Waals surface area contributed by atoms with Crippen molar-refractivity contribution in [3.05, 3.63) is 22.6 Å². The molecule has 6 heteroatoms. The highest BCUT2D eigenvalue weighted by Crippen LogP contribution is 2.49. The Labute approximate surface area is 130 Å². The first kappa shape index (κ1) is 13.7. The maximum Gasteiger partial charge on any atom is 0.160 e. The summed E-state index contributed by atoms with van der Waals surface area (Å²) in [6.07, 6.45) is 7.39. The molecule has 2 aromatic heterocycles. The van der Waals surface area contributed by atoms with E-state index in [0.717, 1.165) is 34.4 Å². The summed E-state index contributed by atoms with van der Waals surface area (Å²) < 4.78 is 3.62. The van der Waals surface area contributed by atoms with E-state index < -0.39 is 0 Å². The summed E-state index contributed by atoms with van der Waals surface area (Å²) in [5.41, 5.74) is 1.93. The highest BCUT2D eigenvalue weighted by molar-refractivity contribution is 9.10. The van der Waals surface area contributed by atoms with Gasteiger partial charge in [0.05, 0.1) is 0 Å². The van der Waals surface area contributed by atoms with E-state index in [1.165, 1.54) is 12.8 Å². The van der Waals surface area contributed by atoms with E-state index in [9.17, 15) is 0 Å². The molecule has 0 N–H and O–H groups in total. The summed E-state index contributed by atoms with van der Waals surface area (Å²) in [5, 5.41) is 0. The molecule has 1 fully saturated rings. The van der Waals surface area contributed by atoms with E-state index in [-0.39, 0.29) is 0 Å². The van der Waals surface area contributed by atoms with Crippen LogP contribution >= 0.6 is 39.3 Å². The summed E-state index contributed by atoms with van der Waals surface area (Å²) in [6, 6.07) is 2.02. The zero-order valence-corrected chi connectivity index (χ0v) is 13.9. The first-order chi connectivity index (χ1) is 9.17. The smallest absolute Gasteiger partial charge is 0.160 e. The van der Waals surface area contributed by atoms with Crippen LogP contribution in [0.15, 0.2) is 16.7 Å². The molecule has 3 nitrogen and oxygen atoms in total. The van der Waals surface area contributed by atoms with Crippen LogP contribution in [0.5, 0.6) is 0 Å². The summed E-state index contributed by atoms with van der Waals surface area (Å²) in [5.74, 6) is 1.65. The normalized spacial score (nSPS) is 17.0. The minimum absolute atomic E-state index is 0.392. The van der Waals surface area contributed by atoms with Gasteiger partial charge < -0.3 is 4.57 Å². The maximum absolute atomic E-state index is 5.90. The average Bonchev–Trinajstić information content (AvgIpc) is 3.10. The fraction of sp³-hybridized carbons (Fsp3) is 0.538. The molecule has 1 saturated carbocycles. The molecule has 0 atom stereocenters. The summed E-state index contributed by atoms with van der Waals surface area (Å²) >= 11 is 11.3. The standard InChI is InChI=1S/C13H15BrClN3S/c1-19-13(3-4-13)8-18-11(2-5-15)17-10-6-9(14)7-16-12(10)18/h6-7H,2-5,8H2,1H3. The monoisotopic (exact) mass is 359 g/mol. The van der Waals surface area contributed by atoms with Crippen LogP contribution in [0, 0.1) is 0 Å². The van der Waals surface area contributed by atoms with Crippen molar-refractivity contribution in [2.24, 2.45) is 0 Å². The van der Waals surface area contributed by atoms with Gasteiger partial charge in [0.15, 0.2) is 5.65 Å². The SMILES string of the molecule is CSC1(Cn2c(CCCl)nc3cc(Br)cnc32)CC1. The lowest BCUT2D eigenvalue weighted by atomic mass is 10.3. The molecular formula is C13H15BrClN3S. The van der Waals surface area contributed by atoms with Gasteiger partial charge in [-0.25, -0.2) is 9.97 Å². The minimum atomic E-state index is 0.392. The van der Waals surface area contributed by atoms with Gasteiger partial charge in [-0.3, -0.25) is 0 Å². The van der Waals surface area contributed by atoms with Crippen LogP contribution in [0.1, 0.15) is 18.7 Å². The van der Waals surface area contributed by atoms with E-state index in [1.807, 2.05) is 24.0 Å². The van der Waals surface area contributed by atoms with Crippen LogP contribution in [-0.2, 0) is 13.0 Å². The topological polar surface area (TPSA) is 30.7 Å². The molecule has 0 spiro atoms. The molecule has 0 amide bonds. The Hall–Kier alpha value is -0.260. The summed E-state index contributed by atoms with van der Waals surface area (Å²) in [4.78, 5) is 9.22. The van der Waals surface area contributed by atoms with Crippen molar-refractivity contribution in [3.63, 3.8) is 0 Å². The zero-order chi connectivity index (χ0) is 13.5. The van der Waals surface area contributed by atoms with Crippen LogP contribution < -0.4 is 0 Å². The Morgan fingerprint density at radius 2 is 2.32 bits per heavy atom. The van der Waals surface area contributed by atoms with E-state index in [4.69, 9.17) is 11.6 Å². The molecule has 0 aliphatic heterocycles. The third-order valence-electron chi connectivity index (χ3n) is 3.64. The van der Waals surface area contributed by atoms with Gasteiger partial charge in [0.25, 0.3) is 0 Å². The molecule has 2 aromatic rings. The van der Waals surface area contributed by atoms with Crippen molar-refractivity contribution < 1.29 is 0 Å². The Bertz CT molecular complexity index is 609. The van der Waals surface area contributed by atoms with Gasteiger partial charge in [0, 0.05) is 34.3 Å². The van der Waals surface area contributed by atoms with Crippen molar-refractivity contribution in [1.29, 1.82) is 0 Å². The van der Waals surface area contributed by atoms with Gasteiger partial charge in [-0.2, -0.15) is 11.8 Å².